The number of likely N-dealkylation sites (tertiary alicyclic amines) is 1. The second kappa shape index (κ2) is 7.25. The van der Waals surface area contributed by atoms with Crippen LogP contribution in [-0.2, 0) is 11.3 Å². The summed E-state index contributed by atoms with van der Waals surface area (Å²) in [6.07, 6.45) is 2.50. The molecular formula is C18H27N5OS. The van der Waals surface area contributed by atoms with Crippen molar-refractivity contribution in [1.29, 1.82) is 0 Å². The van der Waals surface area contributed by atoms with Gasteiger partial charge in [0.15, 0.2) is 0 Å². The van der Waals surface area contributed by atoms with Crippen LogP contribution in [0.1, 0.15) is 36.0 Å². The van der Waals surface area contributed by atoms with Crippen molar-refractivity contribution in [2.45, 2.75) is 46.2 Å². The Bertz CT molecular complexity index is 779. The maximum absolute atomic E-state index is 12.3. The molecule has 1 aliphatic rings. The van der Waals surface area contributed by atoms with Gasteiger partial charge in [-0.05, 0) is 52.3 Å². The van der Waals surface area contributed by atoms with E-state index in [9.17, 15) is 4.79 Å². The molecular weight excluding hydrogens is 334 g/mol. The number of aromatic nitrogens is 2. The fourth-order valence-corrected chi connectivity index (χ4v) is 4.31. The monoisotopic (exact) mass is 361 g/mol. The second-order valence-electron chi connectivity index (χ2n) is 7.03. The Kier molecular flexibility index (Phi) is 5.24. The minimum atomic E-state index is -0.327. The Morgan fingerprint density at radius 1 is 1.28 bits per heavy atom. The molecule has 25 heavy (non-hydrogen) atoms. The fraction of sp³-hybridized carbons (Fsp3) is 0.611. The van der Waals surface area contributed by atoms with Crippen molar-refractivity contribution in [3.05, 3.63) is 16.3 Å². The average molecular weight is 362 g/mol. The third kappa shape index (κ3) is 3.77. The van der Waals surface area contributed by atoms with Crippen molar-refractivity contribution < 1.29 is 4.79 Å². The number of likely N-dealkylation sites (N-methyl/N-ethyl adjacent to an activating group) is 1. The summed E-state index contributed by atoms with van der Waals surface area (Å²) in [5, 5.41) is 4.38. The molecule has 0 radical (unpaired) electrons. The highest BCUT2D eigenvalue weighted by atomic mass is 32.1. The number of anilines is 1. The smallest absolute Gasteiger partial charge is 0.244 e. The van der Waals surface area contributed by atoms with Crippen molar-refractivity contribution in [2.24, 2.45) is 0 Å². The SMILES string of the molecule is Cc1sc2nc(CN3CCCC3)nc(N[C@@H](C)C(=O)N(C)C)c2c1C. The summed E-state index contributed by atoms with van der Waals surface area (Å²) >= 11 is 1.70. The van der Waals surface area contributed by atoms with E-state index in [4.69, 9.17) is 9.97 Å². The van der Waals surface area contributed by atoms with Crippen LogP contribution in [0.3, 0.4) is 0 Å². The van der Waals surface area contributed by atoms with Gasteiger partial charge in [0, 0.05) is 19.0 Å². The zero-order chi connectivity index (χ0) is 18.1. The zero-order valence-electron chi connectivity index (χ0n) is 15.7. The van der Waals surface area contributed by atoms with Crippen LogP contribution in [0.4, 0.5) is 5.82 Å². The van der Waals surface area contributed by atoms with E-state index < -0.39 is 0 Å². The minimum absolute atomic E-state index is 0.0393. The van der Waals surface area contributed by atoms with Crippen LogP contribution in [0.25, 0.3) is 10.2 Å². The van der Waals surface area contributed by atoms with Crippen LogP contribution in [0.2, 0.25) is 0 Å². The first kappa shape index (κ1) is 18.1. The van der Waals surface area contributed by atoms with E-state index in [0.717, 1.165) is 41.5 Å². The number of nitrogens with one attached hydrogen (secondary N) is 1. The van der Waals surface area contributed by atoms with Gasteiger partial charge in [-0.2, -0.15) is 0 Å². The van der Waals surface area contributed by atoms with Gasteiger partial charge in [0.25, 0.3) is 0 Å². The van der Waals surface area contributed by atoms with E-state index in [1.807, 2.05) is 6.92 Å². The summed E-state index contributed by atoms with van der Waals surface area (Å²) in [5.41, 5.74) is 1.19. The predicted molar refractivity (Wildman–Crippen MR) is 103 cm³/mol. The quantitative estimate of drug-likeness (QED) is 0.887. The van der Waals surface area contributed by atoms with Gasteiger partial charge in [-0.15, -0.1) is 11.3 Å². The first-order valence-electron chi connectivity index (χ1n) is 8.83. The molecule has 1 fully saturated rings. The lowest BCUT2D eigenvalue weighted by Gasteiger charge is -2.20. The molecule has 1 amide bonds. The van der Waals surface area contributed by atoms with E-state index in [1.165, 1.54) is 23.3 Å². The molecule has 3 heterocycles. The number of amides is 1. The van der Waals surface area contributed by atoms with Crippen LogP contribution >= 0.6 is 11.3 Å². The number of nitrogens with zero attached hydrogens (tertiary/aromatic N) is 4. The fourth-order valence-electron chi connectivity index (χ4n) is 3.26. The van der Waals surface area contributed by atoms with Crippen LogP contribution in [-0.4, -0.2) is 58.9 Å². The molecule has 1 N–H and O–H groups in total. The van der Waals surface area contributed by atoms with E-state index >= 15 is 0 Å². The number of rotatable bonds is 5. The molecule has 0 aliphatic carbocycles. The van der Waals surface area contributed by atoms with Crippen LogP contribution in [0.15, 0.2) is 0 Å². The summed E-state index contributed by atoms with van der Waals surface area (Å²) < 4.78 is 0. The van der Waals surface area contributed by atoms with E-state index in [1.54, 1.807) is 30.3 Å². The molecule has 136 valence electrons. The number of aryl methyl sites for hydroxylation is 2. The maximum atomic E-state index is 12.3. The Morgan fingerprint density at radius 3 is 2.60 bits per heavy atom. The number of hydrogen-bond donors (Lipinski definition) is 1. The van der Waals surface area contributed by atoms with E-state index in [0.29, 0.717) is 0 Å². The number of carbonyl (C=O) groups is 1. The number of fused-ring (bicyclic) bond motifs is 1. The van der Waals surface area contributed by atoms with Gasteiger partial charge in [0.1, 0.15) is 22.5 Å². The van der Waals surface area contributed by atoms with Crippen molar-refractivity contribution in [1.82, 2.24) is 19.8 Å². The van der Waals surface area contributed by atoms with Gasteiger partial charge in [-0.3, -0.25) is 9.69 Å². The van der Waals surface area contributed by atoms with E-state index in [-0.39, 0.29) is 11.9 Å². The Hall–Kier alpha value is -1.73. The Labute approximate surface area is 153 Å². The molecule has 1 atom stereocenters. The molecule has 0 saturated carbocycles. The summed E-state index contributed by atoms with van der Waals surface area (Å²) in [5.74, 6) is 1.66. The van der Waals surface area contributed by atoms with Crippen molar-refractivity contribution in [2.75, 3.05) is 32.5 Å². The normalized spacial score (nSPS) is 16.4. The summed E-state index contributed by atoms with van der Waals surface area (Å²) in [6.45, 7) is 9.09. The molecule has 0 spiro atoms. The number of carbonyl (C=O) groups excluding carboxylic acids is 1. The largest absolute Gasteiger partial charge is 0.358 e. The van der Waals surface area contributed by atoms with Crippen LogP contribution in [0, 0.1) is 13.8 Å². The molecule has 6 nitrogen and oxygen atoms in total. The molecule has 7 heteroatoms. The summed E-state index contributed by atoms with van der Waals surface area (Å²) in [4.78, 5) is 28.1. The molecule has 2 aromatic rings. The molecule has 3 rings (SSSR count). The average Bonchev–Trinajstić information content (AvgIpc) is 3.15. The lowest BCUT2D eigenvalue weighted by Crippen LogP contribution is -2.37. The lowest BCUT2D eigenvalue weighted by atomic mass is 10.2. The molecule has 0 bridgehead atoms. The lowest BCUT2D eigenvalue weighted by molar-refractivity contribution is -0.129. The van der Waals surface area contributed by atoms with Gasteiger partial charge >= 0.3 is 0 Å². The van der Waals surface area contributed by atoms with Crippen molar-refractivity contribution in [3.8, 4) is 0 Å². The van der Waals surface area contributed by atoms with Gasteiger partial charge < -0.3 is 10.2 Å². The highest BCUT2D eigenvalue weighted by Crippen LogP contribution is 2.33. The molecule has 2 aromatic heterocycles. The maximum Gasteiger partial charge on any atom is 0.244 e. The van der Waals surface area contributed by atoms with Crippen molar-refractivity contribution >= 4 is 33.3 Å². The summed E-state index contributed by atoms with van der Waals surface area (Å²) in [7, 11) is 3.55. The minimum Gasteiger partial charge on any atom is -0.358 e. The third-order valence-corrected chi connectivity index (χ3v) is 5.90. The summed E-state index contributed by atoms with van der Waals surface area (Å²) in [6, 6.07) is -0.327. The zero-order valence-corrected chi connectivity index (χ0v) is 16.5. The Balaban J connectivity index is 1.96. The number of hydrogen-bond acceptors (Lipinski definition) is 6. The molecule has 0 unspecified atom stereocenters. The molecule has 1 aliphatic heterocycles. The van der Waals surface area contributed by atoms with Crippen LogP contribution in [0.5, 0.6) is 0 Å². The standard InChI is InChI=1S/C18H27N5OS/c1-11-13(3)25-17-15(11)16(19-12(2)18(24)22(4)5)20-14(21-17)10-23-8-6-7-9-23/h12H,6-10H2,1-5H3,(H,19,20,21)/t12-/m0/s1. The first-order valence-corrected chi connectivity index (χ1v) is 9.65. The first-order chi connectivity index (χ1) is 11.9. The highest BCUT2D eigenvalue weighted by Gasteiger charge is 2.21. The van der Waals surface area contributed by atoms with Gasteiger partial charge in [-0.25, -0.2) is 9.97 Å². The topological polar surface area (TPSA) is 61.4 Å². The predicted octanol–water partition coefficient (Wildman–Crippen LogP) is 2.79. The van der Waals surface area contributed by atoms with Crippen molar-refractivity contribution in [3.63, 3.8) is 0 Å². The highest BCUT2D eigenvalue weighted by molar-refractivity contribution is 7.18. The Morgan fingerprint density at radius 2 is 1.96 bits per heavy atom. The molecule has 0 aromatic carbocycles. The van der Waals surface area contributed by atoms with Gasteiger partial charge in [-0.1, -0.05) is 0 Å². The van der Waals surface area contributed by atoms with Crippen LogP contribution < -0.4 is 5.32 Å². The molecule has 1 saturated heterocycles. The van der Waals surface area contributed by atoms with E-state index in [2.05, 4.69) is 24.1 Å². The van der Waals surface area contributed by atoms with Gasteiger partial charge in [0.05, 0.1) is 11.9 Å². The van der Waals surface area contributed by atoms with Gasteiger partial charge in [0.2, 0.25) is 5.91 Å². The third-order valence-electron chi connectivity index (χ3n) is 4.80. The second-order valence-corrected chi connectivity index (χ2v) is 8.24. The number of thiophene rings is 1.